The van der Waals surface area contributed by atoms with E-state index in [4.69, 9.17) is 0 Å². The SMILES string of the molecule is CC1NCCCC1C(=O)NCCC1CCCC1. The van der Waals surface area contributed by atoms with Gasteiger partial charge in [0.05, 0.1) is 5.92 Å². The standard InChI is InChI=1S/C14H26N2O/c1-11-13(7-4-9-15-11)14(17)16-10-8-12-5-2-3-6-12/h11-13,15H,2-10H2,1H3,(H,16,17). The fraction of sp³-hybridized carbons (Fsp3) is 0.929. The molecule has 3 nitrogen and oxygen atoms in total. The molecular weight excluding hydrogens is 212 g/mol. The van der Waals surface area contributed by atoms with Crippen LogP contribution in [0.3, 0.4) is 0 Å². The first kappa shape index (κ1) is 12.9. The Kier molecular flexibility index (Phi) is 4.84. The molecule has 1 heterocycles. The van der Waals surface area contributed by atoms with Crippen molar-refractivity contribution in [3.63, 3.8) is 0 Å². The number of nitrogens with one attached hydrogen (secondary N) is 2. The van der Waals surface area contributed by atoms with Crippen LogP contribution in [-0.4, -0.2) is 25.0 Å². The molecule has 0 aromatic rings. The molecule has 1 saturated heterocycles. The van der Waals surface area contributed by atoms with E-state index in [1.807, 2.05) is 0 Å². The number of carbonyl (C=O) groups excluding carboxylic acids is 1. The van der Waals surface area contributed by atoms with Crippen molar-refractivity contribution in [3.8, 4) is 0 Å². The lowest BCUT2D eigenvalue weighted by atomic mass is 9.91. The summed E-state index contributed by atoms with van der Waals surface area (Å²) in [5.74, 6) is 1.33. The molecule has 17 heavy (non-hydrogen) atoms. The molecule has 1 saturated carbocycles. The first-order chi connectivity index (χ1) is 8.27. The maximum atomic E-state index is 12.0. The molecule has 0 aromatic carbocycles. The van der Waals surface area contributed by atoms with Crippen molar-refractivity contribution in [2.24, 2.45) is 11.8 Å². The van der Waals surface area contributed by atoms with Crippen LogP contribution < -0.4 is 10.6 Å². The molecule has 1 aliphatic carbocycles. The Morgan fingerprint density at radius 3 is 2.71 bits per heavy atom. The van der Waals surface area contributed by atoms with Gasteiger partial charge in [-0.1, -0.05) is 25.7 Å². The minimum absolute atomic E-state index is 0.187. The Bertz CT molecular complexity index is 249. The molecule has 0 bridgehead atoms. The van der Waals surface area contributed by atoms with Gasteiger partial charge < -0.3 is 10.6 Å². The number of rotatable bonds is 4. The van der Waals surface area contributed by atoms with E-state index in [0.717, 1.165) is 31.8 Å². The Morgan fingerprint density at radius 1 is 1.24 bits per heavy atom. The van der Waals surface area contributed by atoms with Crippen LogP contribution >= 0.6 is 0 Å². The van der Waals surface area contributed by atoms with Gasteiger partial charge in [-0.15, -0.1) is 0 Å². The third-order valence-corrected chi connectivity index (χ3v) is 4.43. The number of hydrogen-bond donors (Lipinski definition) is 2. The van der Waals surface area contributed by atoms with Crippen LogP contribution in [0.15, 0.2) is 0 Å². The van der Waals surface area contributed by atoms with Gasteiger partial charge in [-0.25, -0.2) is 0 Å². The lowest BCUT2D eigenvalue weighted by Crippen LogP contribution is -2.47. The lowest BCUT2D eigenvalue weighted by Gasteiger charge is -2.29. The van der Waals surface area contributed by atoms with Crippen molar-refractivity contribution in [2.45, 2.75) is 57.9 Å². The molecule has 98 valence electrons. The normalized spacial score (nSPS) is 30.4. The summed E-state index contributed by atoms with van der Waals surface area (Å²) in [6, 6.07) is 0.343. The summed E-state index contributed by atoms with van der Waals surface area (Å²) in [5, 5.41) is 6.51. The summed E-state index contributed by atoms with van der Waals surface area (Å²) in [4.78, 5) is 12.0. The Balaban J connectivity index is 1.65. The minimum atomic E-state index is 0.187. The zero-order valence-electron chi connectivity index (χ0n) is 11.0. The van der Waals surface area contributed by atoms with Crippen molar-refractivity contribution in [1.29, 1.82) is 0 Å². The molecule has 3 heteroatoms. The highest BCUT2D eigenvalue weighted by Crippen LogP contribution is 2.27. The van der Waals surface area contributed by atoms with Gasteiger partial charge in [-0.05, 0) is 38.6 Å². The molecule has 0 spiro atoms. The highest BCUT2D eigenvalue weighted by atomic mass is 16.1. The van der Waals surface area contributed by atoms with E-state index >= 15 is 0 Å². The average Bonchev–Trinajstić information content (AvgIpc) is 2.82. The van der Waals surface area contributed by atoms with Gasteiger partial charge in [0.25, 0.3) is 0 Å². The number of hydrogen-bond acceptors (Lipinski definition) is 2. The van der Waals surface area contributed by atoms with E-state index in [9.17, 15) is 4.79 Å². The van der Waals surface area contributed by atoms with Crippen LogP contribution in [0.1, 0.15) is 51.9 Å². The van der Waals surface area contributed by atoms with E-state index in [-0.39, 0.29) is 11.8 Å². The van der Waals surface area contributed by atoms with Crippen LogP contribution in [0.5, 0.6) is 0 Å². The summed E-state index contributed by atoms with van der Waals surface area (Å²) < 4.78 is 0. The first-order valence-electron chi connectivity index (χ1n) is 7.28. The predicted molar refractivity (Wildman–Crippen MR) is 69.8 cm³/mol. The summed E-state index contributed by atoms with van der Waals surface area (Å²) in [6.45, 7) is 4.07. The fourth-order valence-corrected chi connectivity index (χ4v) is 3.23. The molecule has 0 radical (unpaired) electrons. The number of carbonyl (C=O) groups is 1. The van der Waals surface area contributed by atoms with Gasteiger partial charge in [0.1, 0.15) is 0 Å². The second kappa shape index (κ2) is 6.39. The molecule has 1 amide bonds. The fourth-order valence-electron chi connectivity index (χ4n) is 3.23. The van der Waals surface area contributed by atoms with Gasteiger partial charge >= 0.3 is 0 Å². The second-order valence-electron chi connectivity index (χ2n) is 5.72. The Hall–Kier alpha value is -0.570. The van der Waals surface area contributed by atoms with Crippen LogP contribution in [0.25, 0.3) is 0 Å². The third kappa shape index (κ3) is 3.70. The van der Waals surface area contributed by atoms with Crippen molar-refractivity contribution in [1.82, 2.24) is 10.6 Å². The molecule has 1 aliphatic heterocycles. The van der Waals surface area contributed by atoms with Gasteiger partial charge in [0.15, 0.2) is 0 Å². The summed E-state index contributed by atoms with van der Waals surface area (Å²) in [5.41, 5.74) is 0. The highest BCUT2D eigenvalue weighted by molar-refractivity contribution is 5.79. The predicted octanol–water partition coefficient (Wildman–Crippen LogP) is 2.07. The summed E-state index contributed by atoms with van der Waals surface area (Å²) in [6.07, 6.45) is 8.88. The van der Waals surface area contributed by atoms with Crippen LogP contribution in [0.4, 0.5) is 0 Å². The molecule has 2 N–H and O–H groups in total. The van der Waals surface area contributed by atoms with E-state index in [0.29, 0.717) is 6.04 Å². The molecule has 0 aromatic heterocycles. The molecule has 2 aliphatic rings. The lowest BCUT2D eigenvalue weighted by molar-refractivity contribution is -0.126. The quantitative estimate of drug-likeness (QED) is 0.787. The molecule has 2 fully saturated rings. The van der Waals surface area contributed by atoms with E-state index < -0.39 is 0 Å². The molecule has 2 unspecified atom stereocenters. The van der Waals surface area contributed by atoms with Crippen LogP contribution in [0.2, 0.25) is 0 Å². The van der Waals surface area contributed by atoms with E-state index in [2.05, 4.69) is 17.6 Å². The average molecular weight is 238 g/mol. The maximum Gasteiger partial charge on any atom is 0.224 e. The zero-order chi connectivity index (χ0) is 12.1. The molecular formula is C14H26N2O. The van der Waals surface area contributed by atoms with E-state index in [1.54, 1.807) is 0 Å². The Labute approximate surface area is 105 Å². The molecule has 2 rings (SSSR count). The maximum absolute atomic E-state index is 12.0. The van der Waals surface area contributed by atoms with Crippen molar-refractivity contribution in [2.75, 3.05) is 13.1 Å². The van der Waals surface area contributed by atoms with Crippen LogP contribution in [0, 0.1) is 11.8 Å². The van der Waals surface area contributed by atoms with Crippen molar-refractivity contribution >= 4 is 5.91 Å². The molecule has 2 atom stereocenters. The summed E-state index contributed by atoms with van der Waals surface area (Å²) >= 11 is 0. The monoisotopic (exact) mass is 238 g/mol. The van der Waals surface area contributed by atoms with Gasteiger partial charge in [-0.2, -0.15) is 0 Å². The smallest absolute Gasteiger partial charge is 0.224 e. The van der Waals surface area contributed by atoms with E-state index in [1.165, 1.54) is 32.1 Å². The minimum Gasteiger partial charge on any atom is -0.356 e. The second-order valence-corrected chi connectivity index (χ2v) is 5.72. The van der Waals surface area contributed by atoms with Gasteiger partial charge in [0.2, 0.25) is 5.91 Å². The zero-order valence-corrected chi connectivity index (χ0v) is 11.0. The van der Waals surface area contributed by atoms with Crippen LogP contribution in [-0.2, 0) is 4.79 Å². The van der Waals surface area contributed by atoms with Crippen molar-refractivity contribution in [3.05, 3.63) is 0 Å². The van der Waals surface area contributed by atoms with Gasteiger partial charge in [0, 0.05) is 12.6 Å². The van der Waals surface area contributed by atoms with Gasteiger partial charge in [-0.3, -0.25) is 4.79 Å². The Morgan fingerprint density at radius 2 is 2.00 bits per heavy atom. The summed E-state index contributed by atoms with van der Waals surface area (Å²) in [7, 11) is 0. The first-order valence-corrected chi connectivity index (χ1v) is 7.28. The number of piperidine rings is 1. The largest absolute Gasteiger partial charge is 0.356 e. The third-order valence-electron chi connectivity index (χ3n) is 4.43. The topological polar surface area (TPSA) is 41.1 Å². The number of amides is 1. The van der Waals surface area contributed by atoms with Crippen molar-refractivity contribution < 1.29 is 4.79 Å². The highest BCUT2D eigenvalue weighted by Gasteiger charge is 2.27.